The molecule has 0 saturated heterocycles. The predicted molar refractivity (Wildman–Crippen MR) is 109 cm³/mol. The Hall–Kier alpha value is -2.54. The van der Waals surface area contributed by atoms with Gasteiger partial charge in [0.2, 0.25) is 15.9 Å². The Kier molecular flexibility index (Phi) is 6.49. The van der Waals surface area contributed by atoms with Crippen LogP contribution in [0.2, 0.25) is 0 Å². The number of hydrogen-bond donors (Lipinski definition) is 1. The Morgan fingerprint density at radius 3 is 2.22 bits per heavy atom. The molecule has 2 rings (SSSR count). The lowest BCUT2D eigenvalue weighted by Gasteiger charge is -2.28. The highest BCUT2D eigenvalue weighted by Crippen LogP contribution is 2.23. The van der Waals surface area contributed by atoms with Gasteiger partial charge in [0, 0.05) is 5.69 Å². The van der Waals surface area contributed by atoms with Crippen molar-refractivity contribution in [3.63, 3.8) is 0 Å². The number of hydrogen-bond acceptors (Lipinski definition) is 4. The van der Waals surface area contributed by atoms with Gasteiger partial charge in [0.05, 0.1) is 18.0 Å². The average Bonchev–Trinajstić information content (AvgIpc) is 2.55. The van der Waals surface area contributed by atoms with E-state index in [9.17, 15) is 13.2 Å². The maximum absolute atomic E-state index is 12.7. The molecule has 27 heavy (non-hydrogen) atoms. The summed E-state index contributed by atoms with van der Waals surface area (Å²) in [6, 6.07) is 13.1. The third-order valence-corrected chi connectivity index (χ3v) is 5.08. The summed E-state index contributed by atoms with van der Waals surface area (Å²) >= 11 is 0. The van der Waals surface area contributed by atoms with E-state index in [1.165, 1.54) is 0 Å². The van der Waals surface area contributed by atoms with Gasteiger partial charge in [-0.3, -0.25) is 9.10 Å². The molecular weight excluding hydrogens is 364 g/mol. The SMILES string of the molecule is Cc1cccc(N(C(C)C(=O)Nc2ccc(OC(C)C)cc2)S(C)(=O)=O)c1. The summed E-state index contributed by atoms with van der Waals surface area (Å²) in [5, 5.41) is 2.76. The minimum absolute atomic E-state index is 0.0584. The van der Waals surface area contributed by atoms with Crippen molar-refractivity contribution in [2.75, 3.05) is 15.9 Å². The van der Waals surface area contributed by atoms with Crippen LogP contribution in [-0.2, 0) is 14.8 Å². The molecule has 0 spiro atoms. The van der Waals surface area contributed by atoms with Crippen LogP contribution in [0.1, 0.15) is 26.3 Å². The largest absolute Gasteiger partial charge is 0.491 e. The van der Waals surface area contributed by atoms with E-state index in [0.29, 0.717) is 17.1 Å². The summed E-state index contributed by atoms with van der Waals surface area (Å²) in [6.07, 6.45) is 1.15. The van der Waals surface area contributed by atoms with Crippen molar-refractivity contribution in [2.45, 2.75) is 39.8 Å². The molecule has 0 aliphatic rings. The van der Waals surface area contributed by atoms with Crippen LogP contribution in [0, 0.1) is 6.92 Å². The Labute approximate surface area is 161 Å². The van der Waals surface area contributed by atoms with Crippen molar-refractivity contribution in [2.24, 2.45) is 0 Å². The third kappa shape index (κ3) is 5.72. The van der Waals surface area contributed by atoms with Crippen molar-refractivity contribution in [1.82, 2.24) is 0 Å². The van der Waals surface area contributed by atoms with Crippen LogP contribution in [0.5, 0.6) is 5.75 Å². The fourth-order valence-electron chi connectivity index (χ4n) is 2.71. The van der Waals surface area contributed by atoms with Crippen molar-refractivity contribution < 1.29 is 17.9 Å². The van der Waals surface area contributed by atoms with Crippen molar-refractivity contribution in [1.29, 1.82) is 0 Å². The number of amides is 1. The number of rotatable bonds is 7. The van der Waals surface area contributed by atoms with Crippen LogP contribution in [0.3, 0.4) is 0 Å². The van der Waals surface area contributed by atoms with E-state index >= 15 is 0 Å². The van der Waals surface area contributed by atoms with Gasteiger partial charge in [0.1, 0.15) is 11.8 Å². The number of benzene rings is 2. The number of aryl methyl sites for hydroxylation is 1. The second-order valence-electron chi connectivity index (χ2n) is 6.75. The van der Waals surface area contributed by atoms with Crippen LogP contribution in [0.4, 0.5) is 11.4 Å². The van der Waals surface area contributed by atoms with Crippen LogP contribution in [0.25, 0.3) is 0 Å². The molecule has 1 unspecified atom stereocenters. The summed E-state index contributed by atoms with van der Waals surface area (Å²) in [5.74, 6) is 0.285. The van der Waals surface area contributed by atoms with E-state index in [1.807, 2.05) is 26.8 Å². The monoisotopic (exact) mass is 390 g/mol. The average molecular weight is 391 g/mol. The highest BCUT2D eigenvalue weighted by molar-refractivity contribution is 7.92. The summed E-state index contributed by atoms with van der Waals surface area (Å²) in [7, 11) is -3.64. The van der Waals surface area contributed by atoms with E-state index in [-0.39, 0.29) is 6.10 Å². The highest BCUT2D eigenvalue weighted by atomic mass is 32.2. The van der Waals surface area contributed by atoms with Gasteiger partial charge >= 0.3 is 0 Å². The molecule has 0 aromatic heterocycles. The van der Waals surface area contributed by atoms with Gasteiger partial charge in [-0.25, -0.2) is 8.42 Å². The molecule has 0 radical (unpaired) electrons. The van der Waals surface area contributed by atoms with E-state index in [0.717, 1.165) is 16.1 Å². The van der Waals surface area contributed by atoms with E-state index < -0.39 is 22.0 Å². The number of sulfonamides is 1. The van der Waals surface area contributed by atoms with Crippen molar-refractivity contribution >= 4 is 27.3 Å². The summed E-state index contributed by atoms with van der Waals surface area (Å²) in [5.41, 5.74) is 1.94. The fraction of sp³-hybridized carbons (Fsp3) is 0.350. The standard InChI is InChI=1S/C20H26N2O4S/c1-14(2)26-19-11-9-17(10-12-19)21-20(23)16(4)22(27(5,24)25)18-8-6-7-15(3)13-18/h6-14,16H,1-5H3,(H,21,23). The topological polar surface area (TPSA) is 75.7 Å². The maximum atomic E-state index is 12.7. The third-order valence-electron chi connectivity index (χ3n) is 3.84. The molecule has 0 aliphatic carbocycles. The fourth-order valence-corrected chi connectivity index (χ4v) is 3.88. The molecule has 1 atom stereocenters. The minimum atomic E-state index is -3.64. The molecule has 7 heteroatoms. The molecule has 0 fully saturated rings. The predicted octanol–water partition coefficient (Wildman–Crippen LogP) is 3.58. The van der Waals surface area contributed by atoms with E-state index in [2.05, 4.69) is 5.32 Å². The number of nitrogens with zero attached hydrogens (tertiary/aromatic N) is 1. The summed E-state index contributed by atoms with van der Waals surface area (Å²) < 4.78 is 31.3. The molecule has 0 bridgehead atoms. The first-order valence-electron chi connectivity index (χ1n) is 8.71. The molecule has 0 heterocycles. The highest BCUT2D eigenvalue weighted by Gasteiger charge is 2.29. The zero-order chi connectivity index (χ0) is 20.2. The molecule has 1 amide bonds. The normalized spacial score (nSPS) is 12.5. The maximum Gasteiger partial charge on any atom is 0.247 e. The lowest BCUT2D eigenvalue weighted by molar-refractivity contribution is -0.116. The van der Waals surface area contributed by atoms with Crippen LogP contribution < -0.4 is 14.4 Å². The lowest BCUT2D eigenvalue weighted by atomic mass is 10.2. The molecule has 0 aliphatic heterocycles. The first-order chi connectivity index (χ1) is 12.6. The Morgan fingerprint density at radius 2 is 1.70 bits per heavy atom. The van der Waals surface area contributed by atoms with Gasteiger partial charge in [-0.15, -0.1) is 0 Å². The zero-order valence-electron chi connectivity index (χ0n) is 16.3. The summed E-state index contributed by atoms with van der Waals surface area (Å²) in [4.78, 5) is 12.7. The molecular formula is C20H26N2O4S. The Balaban J connectivity index is 2.20. The molecule has 146 valence electrons. The first-order valence-corrected chi connectivity index (χ1v) is 10.6. The second-order valence-corrected chi connectivity index (χ2v) is 8.61. The van der Waals surface area contributed by atoms with Crippen LogP contribution in [-0.4, -0.2) is 32.7 Å². The van der Waals surface area contributed by atoms with Gasteiger partial charge in [0.15, 0.2) is 0 Å². The van der Waals surface area contributed by atoms with Crippen molar-refractivity contribution in [3.05, 3.63) is 54.1 Å². The van der Waals surface area contributed by atoms with E-state index in [1.54, 1.807) is 49.4 Å². The smallest absolute Gasteiger partial charge is 0.247 e. The van der Waals surface area contributed by atoms with Gasteiger partial charge in [-0.05, 0) is 69.7 Å². The number of carbonyl (C=O) groups excluding carboxylic acids is 1. The number of carbonyl (C=O) groups is 1. The number of ether oxygens (including phenoxy) is 1. The quantitative estimate of drug-likeness (QED) is 0.784. The summed E-state index contributed by atoms with van der Waals surface area (Å²) in [6.45, 7) is 7.30. The second kappa shape index (κ2) is 8.43. The van der Waals surface area contributed by atoms with Crippen molar-refractivity contribution in [3.8, 4) is 5.75 Å². The van der Waals surface area contributed by atoms with Crippen LogP contribution >= 0.6 is 0 Å². The molecule has 1 N–H and O–H groups in total. The first kappa shape index (κ1) is 20.8. The molecule has 2 aromatic carbocycles. The van der Waals surface area contributed by atoms with Crippen LogP contribution in [0.15, 0.2) is 48.5 Å². The molecule has 6 nitrogen and oxygen atoms in total. The van der Waals surface area contributed by atoms with Gasteiger partial charge < -0.3 is 10.1 Å². The van der Waals surface area contributed by atoms with Gasteiger partial charge in [-0.1, -0.05) is 12.1 Å². The Morgan fingerprint density at radius 1 is 1.07 bits per heavy atom. The number of anilines is 2. The lowest BCUT2D eigenvalue weighted by Crippen LogP contribution is -2.45. The zero-order valence-corrected chi connectivity index (χ0v) is 17.1. The molecule has 0 saturated carbocycles. The van der Waals surface area contributed by atoms with Gasteiger partial charge in [-0.2, -0.15) is 0 Å². The minimum Gasteiger partial charge on any atom is -0.491 e. The van der Waals surface area contributed by atoms with E-state index in [4.69, 9.17) is 4.74 Å². The number of nitrogens with one attached hydrogen (secondary N) is 1. The Bertz CT molecular complexity index is 892. The molecule has 2 aromatic rings. The van der Waals surface area contributed by atoms with Gasteiger partial charge in [0.25, 0.3) is 0 Å².